The van der Waals surface area contributed by atoms with Crippen molar-refractivity contribution in [1.29, 1.82) is 0 Å². The number of rotatable bonds is 3. The second-order valence-electron chi connectivity index (χ2n) is 5.46. The lowest BCUT2D eigenvalue weighted by Crippen LogP contribution is -2.30. The van der Waals surface area contributed by atoms with E-state index in [1.165, 1.54) is 24.8 Å². The van der Waals surface area contributed by atoms with Crippen molar-refractivity contribution in [2.45, 2.75) is 32.6 Å². The van der Waals surface area contributed by atoms with E-state index < -0.39 is 0 Å². The molecule has 1 saturated carbocycles. The van der Waals surface area contributed by atoms with Crippen LogP contribution in [0, 0.1) is 11.3 Å². The molecule has 3 heteroatoms. The van der Waals surface area contributed by atoms with E-state index in [9.17, 15) is 0 Å². The summed E-state index contributed by atoms with van der Waals surface area (Å²) in [5, 5.41) is 1.46. The van der Waals surface area contributed by atoms with Crippen molar-refractivity contribution in [3.05, 3.63) is 33.8 Å². The van der Waals surface area contributed by atoms with E-state index >= 15 is 0 Å². The van der Waals surface area contributed by atoms with Crippen molar-refractivity contribution >= 4 is 23.2 Å². The van der Waals surface area contributed by atoms with Crippen LogP contribution in [-0.2, 0) is 6.42 Å². The summed E-state index contributed by atoms with van der Waals surface area (Å²) in [6.45, 7) is 3.05. The summed E-state index contributed by atoms with van der Waals surface area (Å²) in [5.41, 5.74) is 7.41. The Hall–Kier alpha value is -0.240. The van der Waals surface area contributed by atoms with Crippen LogP contribution < -0.4 is 5.73 Å². The minimum absolute atomic E-state index is 0.247. The first-order valence-corrected chi connectivity index (χ1v) is 6.94. The molecule has 2 rings (SSSR count). The molecule has 1 aromatic carbocycles. The van der Waals surface area contributed by atoms with Gasteiger partial charge in [0.05, 0.1) is 0 Å². The zero-order valence-corrected chi connectivity index (χ0v) is 11.7. The second-order valence-corrected chi connectivity index (χ2v) is 6.31. The lowest BCUT2D eigenvalue weighted by atomic mass is 9.79. The summed E-state index contributed by atoms with van der Waals surface area (Å²) in [5.74, 6) is 0.782. The quantitative estimate of drug-likeness (QED) is 0.872. The maximum Gasteiger partial charge on any atom is 0.0453 e. The topological polar surface area (TPSA) is 26.0 Å². The average molecular weight is 272 g/mol. The normalized spacial score (nSPS) is 28.6. The van der Waals surface area contributed by atoms with Gasteiger partial charge in [-0.25, -0.2) is 0 Å². The van der Waals surface area contributed by atoms with Crippen LogP contribution >= 0.6 is 23.2 Å². The summed E-state index contributed by atoms with van der Waals surface area (Å²) < 4.78 is 0. The number of nitrogens with two attached hydrogens (primary N) is 1. The third kappa shape index (κ3) is 2.96. The molecule has 0 amide bonds. The predicted molar refractivity (Wildman–Crippen MR) is 74.7 cm³/mol. The fraction of sp³-hybridized carbons (Fsp3) is 0.571. The van der Waals surface area contributed by atoms with Gasteiger partial charge in [0.15, 0.2) is 0 Å². The molecule has 1 aliphatic carbocycles. The Bertz CT molecular complexity index is 405. The van der Waals surface area contributed by atoms with Gasteiger partial charge in [0.2, 0.25) is 0 Å². The highest BCUT2D eigenvalue weighted by atomic mass is 35.5. The van der Waals surface area contributed by atoms with Crippen LogP contribution in [-0.4, -0.2) is 6.54 Å². The molecule has 0 spiro atoms. The largest absolute Gasteiger partial charge is 0.330 e. The van der Waals surface area contributed by atoms with Gasteiger partial charge in [-0.1, -0.05) is 42.6 Å². The molecule has 17 heavy (non-hydrogen) atoms. The number of halogens is 2. The van der Waals surface area contributed by atoms with E-state index in [4.69, 9.17) is 28.9 Å². The van der Waals surface area contributed by atoms with Crippen LogP contribution in [0.3, 0.4) is 0 Å². The maximum absolute atomic E-state index is 6.24. The third-order valence-electron chi connectivity index (χ3n) is 3.96. The Morgan fingerprint density at radius 3 is 2.71 bits per heavy atom. The van der Waals surface area contributed by atoms with Gasteiger partial charge in [0.25, 0.3) is 0 Å². The molecule has 2 unspecified atom stereocenters. The molecule has 0 heterocycles. The van der Waals surface area contributed by atoms with E-state index in [1.54, 1.807) is 0 Å². The first-order chi connectivity index (χ1) is 8.04. The minimum atomic E-state index is 0.247. The Balaban J connectivity index is 2.19. The Morgan fingerprint density at radius 2 is 2.18 bits per heavy atom. The Morgan fingerprint density at radius 1 is 1.41 bits per heavy atom. The molecule has 0 bridgehead atoms. The minimum Gasteiger partial charge on any atom is -0.330 e. The fourth-order valence-electron chi connectivity index (χ4n) is 2.98. The number of hydrogen-bond donors (Lipinski definition) is 1. The monoisotopic (exact) mass is 271 g/mol. The van der Waals surface area contributed by atoms with Crippen LogP contribution in [0.15, 0.2) is 18.2 Å². The van der Waals surface area contributed by atoms with Crippen LogP contribution in [0.4, 0.5) is 0 Å². The molecule has 1 aliphatic rings. The number of hydrogen-bond acceptors (Lipinski definition) is 1. The molecule has 2 atom stereocenters. The van der Waals surface area contributed by atoms with Gasteiger partial charge in [0, 0.05) is 10.0 Å². The highest BCUT2D eigenvalue weighted by Crippen LogP contribution is 2.44. The lowest BCUT2D eigenvalue weighted by molar-refractivity contribution is 0.296. The van der Waals surface area contributed by atoms with Crippen molar-refractivity contribution in [3.63, 3.8) is 0 Å². The summed E-state index contributed by atoms with van der Waals surface area (Å²) in [6.07, 6.45) is 4.68. The molecule has 94 valence electrons. The highest BCUT2D eigenvalue weighted by Gasteiger charge is 2.36. The molecule has 2 N–H and O–H groups in total. The number of benzene rings is 1. The van der Waals surface area contributed by atoms with Crippen molar-refractivity contribution in [3.8, 4) is 0 Å². The molecule has 0 radical (unpaired) electrons. The van der Waals surface area contributed by atoms with Crippen LogP contribution in [0.5, 0.6) is 0 Å². The highest BCUT2D eigenvalue weighted by molar-refractivity contribution is 6.35. The Kier molecular flexibility index (Phi) is 4.02. The molecule has 0 aromatic heterocycles. The SMILES string of the molecule is CC1CCC(CN)(Cc2ccc(Cl)cc2Cl)C1. The maximum atomic E-state index is 6.24. The summed E-state index contributed by atoms with van der Waals surface area (Å²) in [7, 11) is 0. The van der Waals surface area contributed by atoms with Gasteiger partial charge in [-0.3, -0.25) is 0 Å². The van der Waals surface area contributed by atoms with Gasteiger partial charge in [-0.15, -0.1) is 0 Å². The lowest BCUT2D eigenvalue weighted by Gasteiger charge is -2.28. The molecule has 0 saturated heterocycles. The van der Waals surface area contributed by atoms with Gasteiger partial charge >= 0.3 is 0 Å². The van der Waals surface area contributed by atoms with E-state index in [0.717, 1.165) is 23.9 Å². The van der Waals surface area contributed by atoms with Crippen LogP contribution in [0.25, 0.3) is 0 Å². The third-order valence-corrected chi connectivity index (χ3v) is 4.55. The van der Waals surface area contributed by atoms with Crippen LogP contribution in [0.1, 0.15) is 31.7 Å². The molecule has 1 fully saturated rings. The average Bonchev–Trinajstić information content (AvgIpc) is 2.65. The van der Waals surface area contributed by atoms with Gasteiger partial charge in [-0.05, 0) is 54.8 Å². The van der Waals surface area contributed by atoms with Gasteiger partial charge < -0.3 is 5.73 Å². The molecule has 1 aromatic rings. The molecule has 0 aliphatic heterocycles. The summed E-state index contributed by atoms with van der Waals surface area (Å²) in [4.78, 5) is 0. The van der Waals surface area contributed by atoms with Crippen molar-refractivity contribution in [2.75, 3.05) is 6.54 Å². The standard InChI is InChI=1S/C14H19Cl2N/c1-10-4-5-14(7-10,9-17)8-11-2-3-12(15)6-13(11)16/h2-3,6,10H,4-5,7-9,17H2,1H3. The smallest absolute Gasteiger partial charge is 0.0453 e. The van der Waals surface area contributed by atoms with Crippen molar-refractivity contribution in [1.82, 2.24) is 0 Å². The van der Waals surface area contributed by atoms with E-state index in [-0.39, 0.29) is 5.41 Å². The van der Waals surface area contributed by atoms with E-state index in [1.807, 2.05) is 18.2 Å². The summed E-state index contributed by atoms with van der Waals surface area (Å²) >= 11 is 12.2. The second kappa shape index (κ2) is 5.17. The van der Waals surface area contributed by atoms with Crippen molar-refractivity contribution in [2.24, 2.45) is 17.1 Å². The fourth-order valence-corrected chi connectivity index (χ4v) is 3.46. The molecular formula is C14H19Cl2N. The predicted octanol–water partition coefficient (Wildman–Crippen LogP) is 4.30. The summed E-state index contributed by atoms with van der Waals surface area (Å²) in [6, 6.07) is 5.76. The zero-order chi connectivity index (χ0) is 12.5. The first-order valence-electron chi connectivity index (χ1n) is 6.19. The van der Waals surface area contributed by atoms with Crippen molar-refractivity contribution < 1.29 is 0 Å². The van der Waals surface area contributed by atoms with Gasteiger partial charge in [-0.2, -0.15) is 0 Å². The van der Waals surface area contributed by atoms with Crippen LogP contribution in [0.2, 0.25) is 10.0 Å². The van der Waals surface area contributed by atoms with E-state index in [0.29, 0.717) is 5.02 Å². The first kappa shape index (κ1) is 13.2. The van der Waals surface area contributed by atoms with Gasteiger partial charge in [0.1, 0.15) is 0 Å². The zero-order valence-electron chi connectivity index (χ0n) is 10.2. The molecular weight excluding hydrogens is 253 g/mol. The van der Waals surface area contributed by atoms with E-state index in [2.05, 4.69) is 6.92 Å². The Labute approximate surface area is 113 Å². The molecule has 1 nitrogen and oxygen atoms in total.